The van der Waals surface area contributed by atoms with E-state index in [0.717, 1.165) is 25.9 Å². The molecule has 1 heterocycles. The maximum atomic E-state index is 11.7. The Kier molecular flexibility index (Phi) is 3.52. The van der Waals surface area contributed by atoms with Gasteiger partial charge in [0.25, 0.3) is 0 Å². The van der Waals surface area contributed by atoms with Crippen LogP contribution in [0.1, 0.15) is 39.5 Å². The SMILES string of the molecule is CC(C)COC(=O)N1CCC(=C2CC2)CC1. The predicted octanol–water partition coefficient (Wildman–Crippen LogP) is 2.97. The number of ether oxygens (including phenoxy) is 1. The lowest BCUT2D eigenvalue weighted by molar-refractivity contribution is 0.0895. The second-order valence-electron chi connectivity index (χ2n) is 5.16. The second-order valence-corrected chi connectivity index (χ2v) is 5.16. The maximum Gasteiger partial charge on any atom is 0.409 e. The predicted molar refractivity (Wildman–Crippen MR) is 63.3 cm³/mol. The molecule has 2 aliphatic rings. The van der Waals surface area contributed by atoms with E-state index in [4.69, 9.17) is 4.74 Å². The Hall–Kier alpha value is -0.990. The van der Waals surface area contributed by atoms with Gasteiger partial charge in [0.1, 0.15) is 0 Å². The number of piperidine rings is 1. The molecule has 0 aromatic carbocycles. The highest BCUT2D eigenvalue weighted by atomic mass is 16.6. The molecule has 0 unspecified atom stereocenters. The largest absolute Gasteiger partial charge is 0.449 e. The molecule has 1 amide bonds. The first kappa shape index (κ1) is 11.5. The van der Waals surface area contributed by atoms with Gasteiger partial charge in [0, 0.05) is 13.1 Å². The third-order valence-electron chi connectivity index (χ3n) is 3.17. The highest BCUT2D eigenvalue weighted by Gasteiger charge is 2.24. The van der Waals surface area contributed by atoms with Crippen LogP contribution in [-0.4, -0.2) is 30.7 Å². The van der Waals surface area contributed by atoms with Crippen LogP contribution in [0, 0.1) is 5.92 Å². The van der Waals surface area contributed by atoms with Gasteiger partial charge in [-0.15, -0.1) is 0 Å². The highest BCUT2D eigenvalue weighted by Crippen LogP contribution is 2.36. The molecule has 0 aromatic rings. The second kappa shape index (κ2) is 4.89. The molecule has 0 aromatic heterocycles. The molecular formula is C13H21NO2. The Bertz CT molecular complexity index is 291. The molecule has 3 heteroatoms. The number of nitrogens with zero attached hydrogens (tertiary/aromatic N) is 1. The van der Waals surface area contributed by atoms with Gasteiger partial charge in [0.05, 0.1) is 6.61 Å². The van der Waals surface area contributed by atoms with E-state index in [-0.39, 0.29) is 6.09 Å². The van der Waals surface area contributed by atoms with Crippen LogP contribution in [0.4, 0.5) is 4.79 Å². The molecule has 0 bridgehead atoms. The Morgan fingerprint density at radius 1 is 1.19 bits per heavy atom. The summed E-state index contributed by atoms with van der Waals surface area (Å²) in [6.07, 6.45) is 4.59. The topological polar surface area (TPSA) is 29.5 Å². The van der Waals surface area contributed by atoms with Gasteiger partial charge >= 0.3 is 6.09 Å². The smallest absolute Gasteiger partial charge is 0.409 e. The Morgan fingerprint density at radius 2 is 1.75 bits per heavy atom. The number of rotatable bonds is 2. The lowest BCUT2D eigenvalue weighted by Crippen LogP contribution is -2.37. The number of allylic oxidation sites excluding steroid dienone is 1. The van der Waals surface area contributed by atoms with Crippen LogP contribution in [0.3, 0.4) is 0 Å². The van der Waals surface area contributed by atoms with Gasteiger partial charge in [0.15, 0.2) is 0 Å². The van der Waals surface area contributed by atoms with Crippen LogP contribution in [0.2, 0.25) is 0 Å². The van der Waals surface area contributed by atoms with Crippen molar-refractivity contribution in [3.63, 3.8) is 0 Å². The van der Waals surface area contributed by atoms with Crippen LogP contribution in [0.15, 0.2) is 11.1 Å². The molecule has 2 fully saturated rings. The van der Waals surface area contributed by atoms with E-state index in [1.165, 1.54) is 12.8 Å². The van der Waals surface area contributed by atoms with Gasteiger partial charge in [-0.25, -0.2) is 4.79 Å². The van der Waals surface area contributed by atoms with Crippen molar-refractivity contribution in [2.75, 3.05) is 19.7 Å². The molecule has 1 aliphatic heterocycles. The molecule has 0 spiro atoms. The molecule has 3 nitrogen and oxygen atoms in total. The third kappa shape index (κ3) is 3.00. The Morgan fingerprint density at radius 3 is 2.25 bits per heavy atom. The summed E-state index contributed by atoms with van der Waals surface area (Å²) in [6, 6.07) is 0. The van der Waals surface area contributed by atoms with Gasteiger partial charge in [-0.1, -0.05) is 25.0 Å². The standard InChI is InChI=1S/C13H21NO2/c1-10(2)9-16-13(15)14-7-5-12(6-8-14)11-3-4-11/h10H,3-9H2,1-2H3. The number of carbonyl (C=O) groups excluding carboxylic acids is 1. The Balaban J connectivity index is 1.75. The van der Waals surface area contributed by atoms with E-state index >= 15 is 0 Å². The van der Waals surface area contributed by atoms with E-state index in [9.17, 15) is 4.79 Å². The summed E-state index contributed by atoms with van der Waals surface area (Å²) in [4.78, 5) is 13.5. The van der Waals surface area contributed by atoms with Crippen LogP contribution in [0.5, 0.6) is 0 Å². The van der Waals surface area contributed by atoms with Gasteiger partial charge < -0.3 is 9.64 Å². The maximum absolute atomic E-state index is 11.7. The molecule has 1 aliphatic carbocycles. The molecule has 0 atom stereocenters. The fourth-order valence-electron chi connectivity index (χ4n) is 2.06. The minimum atomic E-state index is -0.131. The highest BCUT2D eigenvalue weighted by molar-refractivity contribution is 5.67. The summed E-state index contributed by atoms with van der Waals surface area (Å²) in [6.45, 7) is 6.33. The van der Waals surface area contributed by atoms with E-state index in [1.807, 2.05) is 4.90 Å². The first-order valence-electron chi connectivity index (χ1n) is 6.28. The summed E-state index contributed by atoms with van der Waals surface area (Å²) in [7, 11) is 0. The average Bonchev–Trinajstić information content (AvgIpc) is 3.10. The lowest BCUT2D eigenvalue weighted by Gasteiger charge is -2.28. The number of amides is 1. The average molecular weight is 223 g/mol. The summed E-state index contributed by atoms with van der Waals surface area (Å²) in [5.41, 5.74) is 3.25. The van der Waals surface area contributed by atoms with Crippen LogP contribution < -0.4 is 0 Å². The number of carbonyl (C=O) groups is 1. The van der Waals surface area contributed by atoms with Crippen molar-refractivity contribution >= 4 is 6.09 Å². The number of hydrogen-bond donors (Lipinski definition) is 0. The summed E-state index contributed by atoms with van der Waals surface area (Å²) in [5, 5.41) is 0. The van der Waals surface area contributed by atoms with E-state index < -0.39 is 0 Å². The Labute approximate surface area is 97.5 Å². The molecule has 16 heavy (non-hydrogen) atoms. The van der Waals surface area contributed by atoms with Gasteiger partial charge in [0.2, 0.25) is 0 Å². The van der Waals surface area contributed by atoms with Crippen molar-refractivity contribution in [1.29, 1.82) is 0 Å². The van der Waals surface area contributed by atoms with Crippen LogP contribution in [0.25, 0.3) is 0 Å². The molecule has 90 valence electrons. The number of hydrogen-bond acceptors (Lipinski definition) is 2. The van der Waals surface area contributed by atoms with Crippen molar-refractivity contribution in [3.05, 3.63) is 11.1 Å². The minimum Gasteiger partial charge on any atom is -0.449 e. The zero-order chi connectivity index (χ0) is 11.5. The zero-order valence-electron chi connectivity index (χ0n) is 10.3. The van der Waals surface area contributed by atoms with Crippen LogP contribution in [-0.2, 0) is 4.74 Å². The normalized spacial score (nSPS) is 20.3. The first-order valence-corrected chi connectivity index (χ1v) is 6.28. The molecule has 1 saturated heterocycles. The van der Waals surface area contributed by atoms with Crippen molar-refractivity contribution in [3.8, 4) is 0 Å². The number of likely N-dealkylation sites (tertiary alicyclic amines) is 1. The van der Waals surface area contributed by atoms with Gasteiger partial charge in [-0.2, -0.15) is 0 Å². The fraction of sp³-hybridized carbons (Fsp3) is 0.769. The van der Waals surface area contributed by atoms with Crippen molar-refractivity contribution < 1.29 is 9.53 Å². The molecule has 0 N–H and O–H groups in total. The molecule has 1 saturated carbocycles. The first-order chi connectivity index (χ1) is 7.66. The minimum absolute atomic E-state index is 0.131. The van der Waals surface area contributed by atoms with Crippen molar-refractivity contribution in [2.45, 2.75) is 39.5 Å². The summed E-state index contributed by atoms with van der Waals surface area (Å²) in [5.74, 6) is 0.415. The quantitative estimate of drug-likeness (QED) is 0.673. The fourth-order valence-corrected chi connectivity index (χ4v) is 2.06. The molecule has 0 radical (unpaired) electrons. The van der Waals surface area contributed by atoms with Gasteiger partial charge in [-0.05, 0) is 31.6 Å². The summed E-state index contributed by atoms with van der Waals surface area (Å²) >= 11 is 0. The van der Waals surface area contributed by atoms with E-state index in [2.05, 4.69) is 13.8 Å². The van der Waals surface area contributed by atoms with Gasteiger partial charge in [-0.3, -0.25) is 0 Å². The zero-order valence-corrected chi connectivity index (χ0v) is 10.3. The van der Waals surface area contributed by atoms with E-state index in [1.54, 1.807) is 11.1 Å². The van der Waals surface area contributed by atoms with E-state index in [0.29, 0.717) is 12.5 Å². The molecule has 2 rings (SSSR count). The lowest BCUT2D eigenvalue weighted by atomic mass is 10.0. The molecular weight excluding hydrogens is 202 g/mol. The monoisotopic (exact) mass is 223 g/mol. The summed E-state index contributed by atoms with van der Waals surface area (Å²) < 4.78 is 5.23. The van der Waals surface area contributed by atoms with Crippen molar-refractivity contribution in [2.24, 2.45) is 5.92 Å². The van der Waals surface area contributed by atoms with Crippen LogP contribution >= 0.6 is 0 Å². The third-order valence-corrected chi connectivity index (χ3v) is 3.17. The van der Waals surface area contributed by atoms with Crippen molar-refractivity contribution in [1.82, 2.24) is 4.90 Å².